The number of benzene rings is 2. The van der Waals surface area contributed by atoms with Crippen LogP contribution in [0.5, 0.6) is 0 Å². The lowest BCUT2D eigenvalue weighted by Crippen LogP contribution is -2.43. The van der Waals surface area contributed by atoms with Crippen molar-refractivity contribution >= 4 is 17.7 Å². The van der Waals surface area contributed by atoms with Crippen LogP contribution in [0.2, 0.25) is 0 Å². The van der Waals surface area contributed by atoms with Crippen LogP contribution in [0.4, 0.5) is 0 Å². The van der Waals surface area contributed by atoms with Gasteiger partial charge in [-0.1, -0.05) is 44.2 Å². The Kier molecular flexibility index (Phi) is 6.51. The van der Waals surface area contributed by atoms with E-state index in [1.807, 2.05) is 17.7 Å². The Balaban J connectivity index is 1.51. The molecule has 34 heavy (non-hydrogen) atoms. The highest BCUT2D eigenvalue weighted by molar-refractivity contribution is 7.98. The van der Waals surface area contributed by atoms with Gasteiger partial charge < -0.3 is 9.47 Å². The number of nitrogens with zero attached hydrogens (tertiary/aromatic N) is 3. The highest BCUT2D eigenvalue weighted by atomic mass is 32.2. The van der Waals surface area contributed by atoms with Gasteiger partial charge in [-0.15, -0.1) is 11.8 Å². The Labute approximate surface area is 205 Å². The molecule has 6 nitrogen and oxygen atoms in total. The topological polar surface area (TPSA) is 56.6 Å². The Hall–Kier alpha value is -2.61. The minimum absolute atomic E-state index is 0.0126. The molecule has 0 saturated carbocycles. The smallest absolute Gasteiger partial charge is 0.359 e. The predicted molar refractivity (Wildman–Crippen MR) is 135 cm³/mol. The number of ether oxygens (including phenoxy) is 2. The molecule has 2 aliphatic heterocycles. The van der Waals surface area contributed by atoms with Gasteiger partial charge in [0.15, 0.2) is 5.69 Å². The van der Waals surface area contributed by atoms with E-state index in [9.17, 15) is 4.79 Å². The van der Waals surface area contributed by atoms with E-state index in [0.29, 0.717) is 18.1 Å². The predicted octanol–water partition coefficient (Wildman–Crippen LogP) is 4.93. The second-order valence-corrected chi connectivity index (χ2v) is 10.4. The fraction of sp³-hybridized carbons (Fsp3) is 0.407. The van der Waals surface area contributed by atoms with Gasteiger partial charge in [-0.05, 0) is 30.7 Å². The minimum atomic E-state index is -0.360. The number of morpholine rings is 1. The van der Waals surface area contributed by atoms with Crippen LogP contribution in [-0.2, 0) is 20.6 Å². The molecule has 0 aliphatic carbocycles. The first-order chi connectivity index (χ1) is 16.5. The number of aromatic nitrogens is 2. The Morgan fingerprint density at radius 1 is 1.12 bits per heavy atom. The maximum Gasteiger partial charge on any atom is 0.359 e. The molecule has 0 spiro atoms. The quantitative estimate of drug-likeness (QED) is 0.469. The lowest BCUT2D eigenvalue weighted by Gasteiger charge is -2.35. The molecule has 1 saturated heterocycles. The largest absolute Gasteiger partial charge is 0.461 e. The molecule has 0 radical (unpaired) electrons. The number of hydrogen-bond acceptors (Lipinski definition) is 6. The second-order valence-electron chi connectivity index (χ2n) is 9.41. The number of carbonyl (C=O) groups is 1. The summed E-state index contributed by atoms with van der Waals surface area (Å²) >= 11 is 1.74. The summed E-state index contributed by atoms with van der Waals surface area (Å²) < 4.78 is 12.7. The average molecular weight is 478 g/mol. The zero-order valence-corrected chi connectivity index (χ0v) is 20.9. The normalized spacial score (nSPS) is 16.1. The van der Waals surface area contributed by atoms with E-state index in [0.717, 1.165) is 55.4 Å². The minimum Gasteiger partial charge on any atom is -0.461 e. The molecule has 3 heterocycles. The number of fused-ring (bicyclic) bond motifs is 3. The fourth-order valence-corrected chi connectivity index (χ4v) is 5.88. The molecule has 3 aromatic rings. The van der Waals surface area contributed by atoms with Crippen molar-refractivity contribution in [2.45, 2.75) is 36.8 Å². The molecule has 1 aromatic heterocycles. The molecule has 0 bridgehead atoms. The highest BCUT2D eigenvalue weighted by Crippen LogP contribution is 2.43. The van der Waals surface area contributed by atoms with E-state index in [1.165, 1.54) is 10.5 Å². The molecular weight excluding hydrogens is 446 g/mol. The van der Waals surface area contributed by atoms with Crippen molar-refractivity contribution in [1.29, 1.82) is 0 Å². The van der Waals surface area contributed by atoms with Gasteiger partial charge in [-0.25, -0.2) is 9.48 Å². The summed E-state index contributed by atoms with van der Waals surface area (Å²) in [4.78, 5) is 16.4. The Morgan fingerprint density at radius 3 is 2.59 bits per heavy atom. The Bertz CT molecular complexity index is 1180. The van der Waals surface area contributed by atoms with Gasteiger partial charge >= 0.3 is 5.97 Å². The van der Waals surface area contributed by atoms with Crippen molar-refractivity contribution in [2.24, 2.45) is 0 Å². The summed E-state index contributed by atoms with van der Waals surface area (Å²) in [5.74, 6) is 0.339. The van der Waals surface area contributed by atoms with Gasteiger partial charge in [0.2, 0.25) is 0 Å². The molecule has 2 aromatic carbocycles. The second kappa shape index (κ2) is 9.56. The van der Waals surface area contributed by atoms with E-state index in [2.05, 4.69) is 61.2 Å². The molecule has 0 unspecified atom stereocenters. The van der Waals surface area contributed by atoms with Crippen LogP contribution < -0.4 is 0 Å². The van der Waals surface area contributed by atoms with E-state index in [4.69, 9.17) is 14.6 Å². The standard InChI is InChI=1S/C27H31N3O3S/c1-4-33-26(31)24-22-17-34-23-8-6-5-7-21(23)25(22)30(28-24)20-11-9-19(10-12-20)27(2,3)18-29-13-15-32-16-14-29/h5-12H,4,13-18H2,1-3H3. The maximum atomic E-state index is 12.7. The zero-order valence-electron chi connectivity index (χ0n) is 20.0. The van der Waals surface area contributed by atoms with E-state index in [-0.39, 0.29) is 11.4 Å². The molecule has 178 valence electrons. The van der Waals surface area contributed by atoms with Crippen molar-refractivity contribution < 1.29 is 14.3 Å². The first-order valence-corrected chi connectivity index (χ1v) is 12.9. The Morgan fingerprint density at radius 2 is 1.85 bits per heavy atom. The number of esters is 1. The molecule has 0 N–H and O–H groups in total. The maximum absolute atomic E-state index is 12.7. The first kappa shape index (κ1) is 23.1. The first-order valence-electron chi connectivity index (χ1n) is 11.9. The van der Waals surface area contributed by atoms with Crippen LogP contribution in [0.3, 0.4) is 0 Å². The summed E-state index contributed by atoms with van der Waals surface area (Å²) in [5.41, 5.74) is 5.68. The molecule has 0 atom stereocenters. The van der Waals surface area contributed by atoms with Crippen LogP contribution in [0, 0.1) is 0 Å². The van der Waals surface area contributed by atoms with Gasteiger partial charge in [-0.2, -0.15) is 5.10 Å². The van der Waals surface area contributed by atoms with Crippen molar-refractivity contribution in [1.82, 2.24) is 14.7 Å². The summed E-state index contributed by atoms with van der Waals surface area (Å²) in [7, 11) is 0. The van der Waals surface area contributed by atoms with Crippen LogP contribution >= 0.6 is 11.8 Å². The molecule has 5 rings (SSSR count). The van der Waals surface area contributed by atoms with Crippen molar-refractivity contribution in [3.63, 3.8) is 0 Å². The molecule has 7 heteroatoms. The molecular formula is C27H31N3O3S. The van der Waals surface area contributed by atoms with Gasteiger partial charge in [0.1, 0.15) is 0 Å². The van der Waals surface area contributed by atoms with Gasteiger partial charge in [0.05, 0.1) is 31.2 Å². The number of thioether (sulfide) groups is 1. The molecule has 1 fully saturated rings. The highest BCUT2D eigenvalue weighted by Gasteiger charge is 2.30. The fourth-order valence-electron chi connectivity index (χ4n) is 4.82. The van der Waals surface area contributed by atoms with Crippen LogP contribution in [-0.4, -0.2) is 60.1 Å². The monoisotopic (exact) mass is 477 g/mol. The lowest BCUT2D eigenvalue weighted by atomic mass is 9.84. The van der Waals surface area contributed by atoms with E-state index < -0.39 is 0 Å². The van der Waals surface area contributed by atoms with Crippen molar-refractivity contribution in [3.05, 3.63) is 65.4 Å². The third kappa shape index (κ3) is 4.40. The van der Waals surface area contributed by atoms with Crippen LogP contribution in [0.25, 0.3) is 16.9 Å². The summed E-state index contributed by atoms with van der Waals surface area (Å²) in [6, 6.07) is 16.9. The molecule has 0 amide bonds. The summed E-state index contributed by atoms with van der Waals surface area (Å²) in [6.07, 6.45) is 0. The number of hydrogen-bond donors (Lipinski definition) is 0. The number of carbonyl (C=O) groups excluding carboxylic acids is 1. The van der Waals surface area contributed by atoms with Crippen LogP contribution in [0.15, 0.2) is 53.4 Å². The van der Waals surface area contributed by atoms with Gasteiger partial charge in [0.25, 0.3) is 0 Å². The van der Waals surface area contributed by atoms with E-state index in [1.54, 1.807) is 11.8 Å². The SMILES string of the molecule is CCOC(=O)c1nn(-c2ccc(C(C)(C)CN3CCOCC3)cc2)c2c1CSc1ccccc1-2. The third-order valence-electron chi connectivity index (χ3n) is 6.58. The zero-order chi connectivity index (χ0) is 23.7. The van der Waals surface area contributed by atoms with Gasteiger partial charge in [-0.3, -0.25) is 4.90 Å². The average Bonchev–Trinajstić information content (AvgIpc) is 3.25. The van der Waals surface area contributed by atoms with E-state index >= 15 is 0 Å². The summed E-state index contributed by atoms with van der Waals surface area (Å²) in [6.45, 7) is 11.3. The third-order valence-corrected chi connectivity index (χ3v) is 7.68. The summed E-state index contributed by atoms with van der Waals surface area (Å²) in [5, 5.41) is 4.77. The van der Waals surface area contributed by atoms with Crippen molar-refractivity contribution in [3.8, 4) is 16.9 Å². The molecule has 2 aliphatic rings. The van der Waals surface area contributed by atoms with Gasteiger partial charge in [0, 0.05) is 46.8 Å². The lowest BCUT2D eigenvalue weighted by molar-refractivity contribution is 0.0295. The van der Waals surface area contributed by atoms with Crippen LogP contribution in [0.1, 0.15) is 42.4 Å². The number of rotatable bonds is 6. The van der Waals surface area contributed by atoms with Crippen molar-refractivity contribution in [2.75, 3.05) is 39.5 Å².